The molecule has 0 bridgehead atoms. The average molecular weight is 252 g/mol. The van der Waals surface area contributed by atoms with Gasteiger partial charge >= 0.3 is 0 Å². The Hall–Kier alpha value is -1.32. The molecule has 0 spiro atoms. The SMILES string of the molecule is COC(C)(C)c1cnc(-c2cccc(Cl)c2)o1. The van der Waals surface area contributed by atoms with Crippen molar-refractivity contribution < 1.29 is 9.15 Å². The summed E-state index contributed by atoms with van der Waals surface area (Å²) in [5, 5.41) is 0.660. The highest BCUT2D eigenvalue weighted by molar-refractivity contribution is 6.30. The van der Waals surface area contributed by atoms with Crippen molar-refractivity contribution in [2.75, 3.05) is 7.11 Å². The van der Waals surface area contributed by atoms with Crippen LogP contribution in [0.3, 0.4) is 0 Å². The zero-order valence-electron chi connectivity index (χ0n) is 10.0. The third-order valence-electron chi connectivity index (χ3n) is 2.68. The number of halogens is 1. The summed E-state index contributed by atoms with van der Waals surface area (Å²) in [5.74, 6) is 1.24. The predicted octanol–water partition coefficient (Wildman–Crippen LogP) is 3.88. The van der Waals surface area contributed by atoms with Crippen LogP contribution in [0.4, 0.5) is 0 Å². The molecule has 0 unspecified atom stereocenters. The van der Waals surface area contributed by atoms with Crippen LogP contribution in [0.25, 0.3) is 11.5 Å². The molecule has 0 radical (unpaired) electrons. The van der Waals surface area contributed by atoms with E-state index >= 15 is 0 Å². The Kier molecular flexibility index (Phi) is 3.22. The summed E-state index contributed by atoms with van der Waals surface area (Å²) in [7, 11) is 1.64. The average Bonchev–Trinajstić information content (AvgIpc) is 2.79. The molecule has 2 rings (SSSR count). The van der Waals surface area contributed by atoms with E-state index in [9.17, 15) is 0 Å². The molecular weight excluding hydrogens is 238 g/mol. The summed E-state index contributed by atoms with van der Waals surface area (Å²) in [4.78, 5) is 4.24. The lowest BCUT2D eigenvalue weighted by atomic mass is 10.1. The van der Waals surface area contributed by atoms with Crippen molar-refractivity contribution in [1.29, 1.82) is 0 Å². The molecule has 1 aromatic carbocycles. The fourth-order valence-electron chi connectivity index (χ4n) is 1.41. The lowest BCUT2D eigenvalue weighted by molar-refractivity contribution is 0.00139. The van der Waals surface area contributed by atoms with Crippen LogP contribution in [-0.2, 0) is 10.3 Å². The van der Waals surface area contributed by atoms with E-state index in [1.807, 2.05) is 38.1 Å². The molecule has 90 valence electrons. The van der Waals surface area contributed by atoms with E-state index in [1.165, 1.54) is 0 Å². The fraction of sp³-hybridized carbons (Fsp3) is 0.308. The van der Waals surface area contributed by atoms with Crippen molar-refractivity contribution in [3.8, 4) is 11.5 Å². The van der Waals surface area contributed by atoms with Crippen LogP contribution in [-0.4, -0.2) is 12.1 Å². The second-order valence-electron chi connectivity index (χ2n) is 4.25. The molecule has 0 N–H and O–H groups in total. The minimum absolute atomic E-state index is 0.482. The maximum Gasteiger partial charge on any atom is 0.226 e. The lowest BCUT2D eigenvalue weighted by Crippen LogP contribution is -2.18. The Morgan fingerprint density at radius 2 is 2.12 bits per heavy atom. The van der Waals surface area contributed by atoms with Gasteiger partial charge in [-0.25, -0.2) is 4.98 Å². The predicted molar refractivity (Wildman–Crippen MR) is 67.0 cm³/mol. The Balaban J connectivity index is 2.36. The quantitative estimate of drug-likeness (QED) is 0.831. The lowest BCUT2D eigenvalue weighted by Gasteiger charge is -2.18. The van der Waals surface area contributed by atoms with E-state index in [2.05, 4.69) is 4.98 Å². The molecule has 0 aliphatic carbocycles. The number of hydrogen-bond acceptors (Lipinski definition) is 3. The van der Waals surface area contributed by atoms with Gasteiger partial charge < -0.3 is 9.15 Å². The molecule has 0 fully saturated rings. The van der Waals surface area contributed by atoms with Gasteiger partial charge in [-0.15, -0.1) is 0 Å². The van der Waals surface area contributed by atoms with E-state index < -0.39 is 5.60 Å². The van der Waals surface area contributed by atoms with Crippen molar-refractivity contribution in [2.45, 2.75) is 19.4 Å². The molecule has 3 nitrogen and oxygen atoms in total. The second-order valence-corrected chi connectivity index (χ2v) is 4.69. The van der Waals surface area contributed by atoms with Gasteiger partial charge in [0.15, 0.2) is 5.76 Å². The normalized spacial score (nSPS) is 11.8. The molecule has 1 aromatic heterocycles. The molecule has 2 aromatic rings. The van der Waals surface area contributed by atoms with E-state index in [0.29, 0.717) is 16.7 Å². The molecule has 0 aliphatic rings. The summed E-state index contributed by atoms with van der Waals surface area (Å²) in [6.07, 6.45) is 1.68. The highest BCUT2D eigenvalue weighted by Crippen LogP contribution is 2.29. The molecule has 0 atom stereocenters. The Labute approximate surface area is 105 Å². The maximum absolute atomic E-state index is 5.92. The van der Waals surface area contributed by atoms with Crippen LogP contribution >= 0.6 is 11.6 Å². The van der Waals surface area contributed by atoms with E-state index in [4.69, 9.17) is 20.8 Å². The van der Waals surface area contributed by atoms with Crippen molar-refractivity contribution in [1.82, 2.24) is 4.98 Å². The van der Waals surface area contributed by atoms with Gasteiger partial charge in [-0.2, -0.15) is 0 Å². The summed E-state index contributed by atoms with van der Waals surface area (Å²) < 4.78 is 11.0. The molecule has 0 amide bonds. The van der Waals surface area contributed by atoms with Gasteiger partial charge in [0.1, 0.15) is 5.60 Å². The monoisotopic (exact) mass is 251 g/mol. The Morgan fingerprint density at radius 3 is 2.76 bits per heavy atom. The van der Waals surface area contributed by atoms with Crippen LogP contribution in [0, 0.1) is 0 Å². The van der Waals surface area contributed by atoms with E-state index in [1.54, 1.807) is 13.3 Å². The topological polar surface area (TPSA) is 35.3 Å². The smallest absolute Gasteiger partial charge is 0.226 e. The first kappa shape index (κ1) is 12.1. The summed E-state index contributed by atoms with van der Waals surface area (Å²) in [6, 6.07) is 7.40. The van der Waals surface area contributed by atoms with Crippen molar-refractivity contribution in [2.24, 2.45) is 0 Å². The largest absolute Gasteiger partial charge is 0.438 e. The number of hydrogen-bond donors (Lipinski definition) is 0. The number of ether oxygens (including phenoxy) is 1. The highest BCUT2D eigenvalue weighted by Gasteiger charge is 2.24. The van der Waals surface area contributed by atoms with Gasteiger partial charge in [-0.1, -0.05) is 17.7 Å². The first-order chi connectivity index (χ1) is 8.03. The summed E-state index contributed by atoms with van der Waals surface area (Å²) in [6.45, 7) is 3.85. The van der Waals surface area contributed by atoms with E-state index in [0.717, 1.165) is 5.56 Å². The number of aromatic nitrogens is 1. The maximum atomic E-state index is 5.92. The first-order valence-corrected chi connectivity index (χ1v) is 5.68. The molecule has 0 aliphatic heterocycles. The molecule has 1 heterocycles. The van der Waals surface area contributed by atoms with Crippen LogP contribution in [0.5, 0.6) is 0 Å². The van der Waals surface area contributed by atoms with Crippen LogP contribution in [0.1, 0.15) is 19.6 Å². The number of nitrogens with zero attached hydrogens (tertiary/aromatic N) is 1. The van der Waals surface area contributed by atoms with Gasteiger partial charge in [-0.05, 0) is 32.0 Å². The Morgan fingerprint density at radius 1 is 1.35 bits per heavy atom. The van der Waals surface area contributed by atoms with Gasteiger partial charge in [0, 0.05) is 17.7 Å². The van der Waals surface area contributed by atoms with Crippen LogP contribution in [0.15, 0.2) is 34.9 Å². The van der Waals surface area contributed by atoms with Crippen LogP contribution < -0.4 is 0 Å². The molecular formula is C13H14ClNO2. The molecule has 0 saturated carbocycles. The molecule has 0 saturated heterocycles. The highest BCUT2D eigenvalue weighted by atomic mass is 35.5. The van der Waals surface area contributed by atoms with Crippen molar-refractivity contribution in [3.63, 3.8) is 0 Å². The molecule has 4 heteroatoms. The fourth-order valence-corrected chi connectivity index (χ4v) is 1.60. The third-order valence-corrected chi connectivity index (χ3v) is 2.92. The standard InChI is InChI=1S/C13H14ClNO2/c1-13(2,16-3)11-8-15-12(17-11)9-5-4-6-10(14)7-9/h4-8H,1-3H3. The van der Waals surface area contributed by atoms with Gasteiger partial charge in [0.05, 0.1) is 6.20 Å². The number of benzene rings is 1. The number of methoxy groups -OCH3 is 1. The first-order valence-electron chi connectivity index (χ1n) is 5.30. The number of oxazole rings is 1. The van der Waals surface area contributed by atoms with Crippen molar-refractivity contribution >= 4 is 11.6 Å². The van der Waals surface area contributed by atoms with Gasteiger partial charge in [-0.3, -0.25) is 0 Å². The third kappa shape index (κ3) is 2.51. The summed E-state index contributed by atoms with van der Waals surface area (Å²) in [5.41, 5.74) is 0.375. The minimum Gasteiger partial charge on any atom is -0.438 e. The minimum atomic E-state index is -0.482. The van der Waals surface area contributed by atoms with Gasteiger partial charge in [0.25, 0.3) is 0 Å². The van der Waals surface area contributed by atoms with Crippen LogP contribution in [0.2, 0.25) is 5.02 Å². The van der Waals surface area contributed by atoms with Crippen molar-refractivity contribution in [3.05, 3.63) is 41.2 Å². The zero-order chi connectivity index (χ0) is 12.5. The van der Waals surface area contributed by atoms with E-state index in [-0.39, 0.29) is 0 Å². The summed E-state index contributed by atoms with van der Waals surface area (Å²) >= 11 is 5.92. The zero-order valence-corrected chi connectivity index (χ0v) is 10.8. The van der Waals surface area contributed by atoms with Gasteiger partial charge in [0.2, 0.25) is 5.89 Å². The molecule has 17 heavy (non-hydrogen) atoms. The number of rotatable bonds is 3. The Bertz CT molecular complexity index is 520. The second kappa shape index (κ2) is 4.51.